The molecule has 1 heterocycles. The van der Waals surface area contributed by atoms with Gasteiger partial charge in [-0.1, -0.05) is 0 Å². The standard InChI is InChI=1S/C11H12S2Se/c1-2-4-10(5-3-1)8-13-11-9-14-7-6-12-11/h1-7,11H,8-9H2. The van der Waals surface area contributed by atoms with Crippen molar-refractivity contribution in [3.05, 3.63) is 46.3 Å². The van der Waals surface area contributed by atoms with E-state index in [1.807, 2.05) is 11.8 Å². The summed E-state index contributed by atoms with van der Waals surface area (Å²) in [5.41, 5.74) is 1.44. The second kappa shape index (κ2) is 5.92. The van der Waals surface area contributed by atoms with Crippen LogP contribution in [-0.2, 0) is 5.75 Å². The van der Waals surface area contributed by atoms with Gasteiger partial charge in [0.25, 0.3) is 0 Å². The average molecular weight is 287 g/mol. The quantitative estimate of drug-likeness (QED) is 0.779. The fraction of sp³-hybridized carbons (Fsp3) is 0.273. The molecule has 1 aliphatic rings. The summed E-state index contributed by atoms with van der Waals surface area (Å²) in [6.07, 6.45) is 0. The van der Waals surface area contributed by atoms with Crippen LogP contribution in [0.15, 0.2) is 40.7 Å². The van der Waals surface area contributed by atoms with Crippen molar-refractivity contribution in [3.8, 4) is 0 Å². The Kier molecular flexibility index (Phi) is 4.52. The molecule has 0 radical (unpaired) electrons. The Morgan fingerprint density at radius 3 is 2.93 bits per heavy atom. The van der Waals surface area contributed by atoms with Gasteiger partial charge in [-0.15, -0.1) is 0 Å². The molecular weight excluding hydrogens is 275 g/mol. The number of hydrogen-bond acceptors (Lipinski definition) is 2. The molecule has 0 N–H and O–H groups in total. The number of benzene rings is 1. The topological polar surface area (TPSA) is 0 Å². The van der Waals surface area contributed by atoms with Gasteiger partial charge in [0.15, 0.2) is 0 Å². The molecule has 0 aliphatic carbocycles. The molecule has 0 aromatic heterocycles. The first kappa shape index (κ1) is 10.7. The Morgan fingerprint density at radius 1 is 1.36 bits per heavy atom. The SMILES string of the molecule is C1=C[Se]CC(SCc2ccccc2)S1. The minimum atomic E-state index is 0.750. The van der Waals surface area contributed by atoms with E-state index >= 15 is 0 Å². The summed E-state index contributed by atoms with van der Waals surface area (Å²) in [6, 6.07) is 10.7. The van der Waals surface area contributed by atoms with Crippen LogP contribution < -0.4 is 0 Å². The third-order valence-electron chi connectivity index (χ3n) is 1.89. The van der Waals surface area contributed by atoms with Crippen molar-refractivity contribution in [2.75, 3.05) is 0 Å². The molecule has 0 fully saturated rings. The summed E-state index contributed by atoms with van der Waals surface area (Å²) in [5.74, 6) is 1.16. The Labute approximate surface area is 100 Å². The Balaban J connectivity index is 1.80. The van der Waals surface area contributed by atoms with Crippen molar-refractivity contribution in [3.63, 3.8) is 0 Å². The Hall–Kier alpha value is 0.179. The van der Waals surface area contributed by atoms with Crippen molar-refractivity contribution in [1.82, 2.24) is 0 Å². The molecule has 0 amide bonds. The first-order chi connectivity index (χ1) is 6.95. The van der Waals surface area contributed by atoms with Crippen LogP contribution in [0.3, 0.4) is 0 Å². The summed E-state index contributed by atoms with van der Waals surface area (Å²) >= 11 is 4.81. The van der Waals surface area contributed by atoms with Gasteiger partial charge in [0, 0.05) is 0 Å². The number of hydrogen-bond donors (Lipinski definition) is 0. The molecule has 0 saturated carbocycles. The van der Waals surface area contributed by atoms with Gasteiger partial charge in [-0.25, -0.2) is 0 Å². The molecule has 1 aromatic carbocycles. The second-order valence-corrected chi connectivity index (χ2v) is 7.54. The van der Waals surface area contributed by atoms with Crippen LogP contribution in [0, 0.1) is 0 Å². The monoisotopic (exact) mass is 288 g/mol. The van der Waals surface area contributed by atoms with Crippen LogP contribution in [0.4, 0.5) is 0 Å². The van der Waals surface area contributed by atoms with E-state index in [9.17, 15) is 0 Å². The van der Waals surface area contributed by atoms with E-state index in [0.29, 0.717) is 0 Å². The van der Waals surface area contributed by atoms with Gasteiger partial charge in [-0.2, -0.15) is 0 Å². The van der Waals surface area contributed by atoms with Gasteiger partial charge < -0.3 is 0 Å². The maximum absolute atomic E-state index is 2.33. The zero-order valence-corrected chi connectivity index (χ0v) is 11.1. The van der Waals surface area contributed by atoms with Crippen LogP contribution >= 0.6 is 23.5 Å². The predicted molar refractivity (Wildman–Crippen MR) is 68.8 cm³/mol. The molecule has 2 rings (SSSR count). The van der Waals surface area contributed by atoms with Gasteiger partial charge in [-0.05, 0) is 0 Å². The molecule has 74 valence electrons. The van der Waals surface area contributed by atoms with Crippen molar-refractivity contribution >= 4 is 38.5 Å². The summed E-state index contributed by atoms with van der Waals surface area (Å²) < 4.78 is 0.792. The molecule has 1 unspecified atom stereocenters. The van der Waals surface area contributed by atoms with E-state index in [1.54, 1.807) is 0 Å². The predicted octanol–water partition coefficient (Wildman–Crippen LogP) is 3.59. The van der Waals surface area contributed by atoms with Crippen LogP contribution in [0.2, 0.25) is 5.32 Å². The second-order valence-electron chi connectivity index (χ2n) is 2.97. The van der Waals surface area contributed by atoms with Crippen molar-refractivity contribution < 1.29 is 0 Å². The van der Waals surface area contributed by atoms with Crippen LogP contribution in [0.1, 0.15) is 5.56 Å². The minimum absolute atomic E-state index is 0.750. The molecule has 0 bridgehead atoms. The normalized spacial score (nSPS) is 21.0. The average Bonchev–Trinajstić information content (AvgIpc) is 2.29. The Bertz CT molecular complexity index is 297. The summed E-state index contributed by atoms with van der Waals surface area (Å²) in [6.45, 7) is 0. The zero-order chi connectivity index (χ0) is 9.64. The van der Waals surface area contributed by atoms with E-state index in [1.165, 1.54) is 10.9 Å². The fourth-order valence-electron chi connectivity index (χ4n) is 1.18. The van der Waals surface area contributed by atoms with Gasteiger partial charge >= 0.3 is 100 Å². The van der Waals surface area contributed by atoms with Gasteiger partial charge in [-0.3, -0.25) is 0 Å². The third kappa shape index (κ3) is 3.39. The molecule has 0 spiro atoms. The molecule has 0 nitrogen and oxygen atoms in total. The summed E-state index contributed by atoms with van der Waals surface area (Å²) in [5, 5.41) is 3.65. The number of thioether (sulfide) groups is 2. The summed E-state index contributed by atoms with van der Waals surface area (Å²) in [7, 11) is 0. The third-order valence-corrected chi connectivity index (χ3v) is 7.57. The van der Waals surface area contributed by atoms with E-state index in [2.05, 4.69) is 52.5 Å². The van der Waals surface area contributed by atoms with Crippen molar-refractivity contribution in [2.45, 2.75) is 15.7 Å². The maximum atomic E-state index is 2.33. The van der Waals surface area contributed by atoms with E-state index in [-0.39, 0.29) is 0 Å². The first-order valence-electron chi connectivity index (χ1n) is 4.53. The zero-order valence-electron chi connectivity index (χ0n) is 7.76. The number of rotatable bonds is 3. The summed E-state index contributed by atoms with van der Waals surface area (Å²) in [4.78, 5) is 2.33. The van der Waals surface area contributed by atoms with Crippen LogP contribution in [-0.4, -0.2) is 19.5 Å². The fourth-order valence-corrected chi connectivity index (χ4v) is 6.34. The van der Waals surface area contributed by atoms with Gasteiger partial charge in [0.2, 0.25) is 0 Å². The molecule has 1 atom stereocenters. The van der Waals surface area contributed by atoms with Crippen molar-refractivity contribution in [2.24, 2.45) is 0 Å². The molecule has 0 saturated heterocycles. The molecule has 1 aliphatic heterocycles. The molecular formula is C11H12S2Se. The van der Waals surface area contributed by atoms with Crippen LogP contribution in [0.25, 0.3) is 0 Å². The van der Waals surface area contributed by atoms with E-state index < -0.39 is 0 Å². The van der Waals surface area contributed by atoms with Gasteiger partial charge in [0.05, 0.1) is 0 Å². The van der Waals surface area contributed by atoms with Crippen molar-refractivity contribution in [1.29, 1.82) is 0 Å². The van der Waals surface area contributed by atoms with E-state index in [0.717, 1.165) is 25.3 Å². The Morgan fingerprint density at radius 2 is 2.21 bits per heavy atom. The van der Waals surface area contributed by atoms with Crippen LogP contribution in [0.5, 0.6) is 0 Å². The molecule has 14 heavy (non-hydrogen) atoms. The first-order valence-corrected chi connectivity index (χ1v) is 8.72. The van der Waals surface area contributed by atoms with Gasteiger partial charge in [0.1, 0.15) is 0 Å². The molecule has 1 aromatic rings. The molecule has 3 heteroatoms. The van der Waals surface area contributed by atoms with E-state index in [4.69, 9.17) is 0 Å².